The number of hydrogen-bond donors (Lipinski definition) is 1. The van der Waals surface area contributed by atoms with Crippen molar-refractivity contribution in [2.75, 3.05) is 18.6 Å². The summed E-state index contributed by atoms with van der Waals surface area (Å²) in [6.07, 6.45) is 1.77. The van der Waals surface area contributed by atoms with Gasteiger partial charge in [-0.05, 0) is 114 Å². The van der Waals surface area contributed by atoms with E-state index in [0.717, 1.165) is 26.2 Å². The van der Waals surface area contributed by atoms with Gasteiger partial charge in [0, 0.05) is 9.13 Å². The molecule has 3 aromatic rings. The van der Waals surface area contributed by atoms with Crippen molar-refractivity contribution in [3.63, 3.8) is 0 Å². The van der Waals surface area contributed by atoms with Gasteiger partial charge in [-0.15, -0.1) is 0 Å². The fourth-order valence-corrected chi connectivity index (χ4v) is 4.15. The third-order valence-corrected chi connectivity index (χ3v) is 6.11. The Balaban J connectivity index is 1.53. The van der Waals surface area contributed by atoms with Gasteiger partial charge in [0.2, 0.25) is 0 Å². The van der Waals surface area contributed by atoms with E-state index in [-0.39, 0.29) is 5.91 Å². The predicted molar refractivity (Wildman–Crippen MR) is 145 cm³/mol. The lowest BCUT2D eigenvalue weighted by Gasteiger charge is -2.14. The first kappa shape index (κ1) is 24.0. The van der Waals surface area contributed by atoms with Crippen molar-refractivity contribution in [1.82, 2.24) is 5.32 Å². The second-order valence-corrected chi connectivity index (χ2v) is 9.00. The minimum absolute atomic E-state index is 0.221. The van der Waals surface area contributed by atoms with Crippen LogP contribution in [0, 0.1) is 3.57 Å². The molecule has 0 aromatic heterocycles. The number of hydrogen-bond acceptors (Lipinski definition) is 5. The maximum Gasteiger partial charge on any atom is 0.281 e. The molecule has 0 radical (unpaired) electrons. The lowest BCUT2D eigenvalue weighted by atomic mass is 10.1. The van der Waals surface area contributed by atoms with Gasteiger partial charge in [0.05, 0.1) is 19.4 Å². The summed E-state index contributed by atoms with van der Waals surface area (Å²) in [7, 11) is 1.62. The first-order valence-corrected chi connectivity index (χ1v) is 12.1. The van der Waals surface area contributed by atoms with Crippen LogP contribution in [0.5, 0.6) is 17.2 Å². The molecule has 4 rings (SSSR count). The molecule has 1 aliphatic rings. The number of carbonyl (C=O) groups excluding carboxylic acids is 1. The normalized spacial score (nSPS) is 14.3. The fraction of sp³-hybridized carbons (Fsp3) is 0.154. The van der Waals surface area contributed by atoms with E-state index in [4.69, 9.17) is 26.4 Å². The van der Waals surface area contributed by atoms with Crippen LogP contribution >= 0.6 is 34.8 Å². The van der Waals surface area contributed by atoms with Gasteiger partial charge in [-0.25, -0.2) is 0 Å². The van der Waals surface area contributed by atoms with Gasteiger partial charge in [0.25, 0.3) is 5.91 Å². The standard InChI is InChI=1S/C26H23IN2O4S/c1-3-32-21-11-7-20(8-12-21)29-25(30)23(28-26(29)34)15-17-4-13-24(31-2)18(14-17)16-33-22-9-5-19(27)6-10-22/h4-15H,3,16H2,1-2H3,(H,28,34)/b23-15+. The van der Waals surface area contributed by atoms with Crippen LogP contribution in [-0.4, -0.2) is 24.7 Å². The summed E-state index contributed by atoms with van der Waals surface area (Å²) in [5.74, 6) is 2.01. The highest BCUT2D eigenvalue weighted by Crippen LogP contribution is 2.27. The second-order valence-electron chi connectivity index (χ2n) is 7.37. The number of nitrogens with one attached hydrogen (secondary N) is 1. The average Bonchev–Trinajstić information content (AvgIpc) is 3.12. The monoisotopic (exact) mass is 586 g/mol. The molecule has 34 heavy (non-hydrogen) atoms. The van der Waals surface area contributed by atoms with Crippen LogP contribution in [0.25, 0.3) is 6.08 Å². The van der Waals surface area contributed by atoms with E-state index >= 15 is 0 Å². The van der Waals surface area contributed by atoms with E-state index in [2.05, 4.69) is 27.9 Å². The number of benzene rings is 3. The molecule has 1 N–H and O–H groups in total. The summed E-state index contributed by atoms with van der Waals surface area (Å²) >= 11 is 7.68. The van der Waals surface area contributed by atoms with Crippen molar-refractivity contribution in [2.24, 2.45) is 0 Å². The Morgan fingerprint density at radius 2 is 1.68 bits per heavy atom. The quantitative estimate of drug-likeness (QED) is 0.213. The van der Waals surface area contributed by atoms with E-state index < -0.39 is 0 Å². The smallest absolute Gasteiger partial charge is 0.281 e. The fourth-order valence-electron chi connectivity index (χ4n) is 3.49. The Morgan fingerprint density at radius 3 is 2.35 bits per heavy atom. The molecule has 3 aromatic carbocycles. The molecular weight excluding hydrogens is 563 g/mol. The Labute approximate surface area is 217 Å². The van der Waals surface area contributed by atoms with Crippen molar-refractivity contribution in [1.29, 1.82) is 0 Å². The van der Waals surface area contributed by atoms with Crippen LogP contribution in [0.2, 0.25) is 0 Å². The average molecular weight is 586 g/mol. The van der Waals surface area contributed by atoms with Crippen molar-refractivity contribution < 1.29 is 19.0 Å². The second kappa shape index (κ2) is 10.9. The maximum atomic E-state index is 13.1. The topological polar surface area (TPSA) is 60.0 Å². The predicted octanol–water partition coefficient (Wildman–Crippen LogP) is 5.54. The van der Waals surface area contributed by atoms with Crippen molar-refractivity contribution in [3.8, 4) is 17.2 Å². The highest BCUT2D eigenvalue weighted by Gasteiger charge is 2.32. The van der Waals surface area contributed by atoms with E-state index in [1.54, 1.807) is 13.2 Å². The van der Waals surface area contributed by atoms with Crippen molar-refractivity contribution in [3.05, 3.63) is 87.1 Å². The van der Waals surface area contributed by atoms with Gasteiger partial charge in [0.15, 0.2) is 5.11 Å². The van der Waals surface area contributed by atoms with Crippen LogP contribution in [0.3, 0.4) is 0 Å². The van der Waals surface area contributed by atoms with Gasteiger partial charge in [-0.3, -0.25) is 9.69 Å². The molecule has 6 nitrogen and oxygen atoms in total. The zero-order valence-electron chi connectivity index (χ0n) is 18.7. The Bertz CT molecular complexity index is 1230. The van der Waals surface area contributed by atoms with E-state index in [0.29, 0.717) is 35.5 Å². The first-order chi connectivity index (χ1) is 16.5. The van der Waals surface area contributed by atoms with Gasteiger partial charge in [-0.2, -0.15) is 0 Å². The first-order valence-electron chi connectivity index (χ1n) is 10.6. The number of ether oxygens (including phenoxy) is 3. The molecule has 1 saturated heterocycles. The minimum Gasteiger partial charge on any atom is -0.496 e. The van der Waals surface area contributed by atoms with Crippen LogP contribution in [0.1, 0.15) is 18.1 Å². The number of anilines is 1. The zero-order valence-corrected chi connectivity index (χ0v) is 21.7. The molecule has 8 heteroatoms. The summed E-state index contributed by atoms with van der Waals surface area (Å²) < 4.78 is 18.0. The van der Waals surface area contributed by atoms with Crippen molar-refractivity contribution >= 4 is 57.6 Å². The molecule has 1 heterocycles. The number of halogens is 1. The molecule has 0 saturated carbocycles. The van der Waals surface area contributed by atoms with Gasteiger partial charge in [-0.1, -0.05) is 6.07 Å². The highest BCUT2D eigenvalue weighted by molar-refractivity contribution is 14.1. The molecule has 0 unspecified atom stereocenters. The van der Waals surface area contributed by atoms with E-state index in [1.807, 2.05) is 73.7 Å². The third-order valence-electron chi connectivity index (χ3n) is 5.11. The SMILES string of the molecule is CCOc1ccc(N2C(=O)/C(=C\c3ccc(OC)c(COc4ccc(I)cc4)c3)NC2=S)cc1. The maximum absolute atomic E-state index is 13.1. The minimum atomic E-state index is -0.221. The summed E-state index contributed by atoms with van der Waals surface area (Å²) in [6.45, 7) is 2.83. The summed E-state index contributed by atoms with van der Waals surface area (Å²) in [5, 5.41) is 3.36. The Hall–Kier alpha value is -3.11. The van der Waals surface area contributed by atoms with Crippen LogP contribution in [0.15, 0.2) is 72.4 Å². The van der Waals surface area contributed by atoms with Gasteiger partial charge in [0.1, 0.15) is 29.6 Å². The van der Waals surface area contributed by atoms with Crippen LogP contribution in [-0.2, 0) is 11.4 Å². The van der Waals surface area contributed by atoms with E-state index in [9.17, 15) is 4.79 Å². The lowest BCUT2D eigenvalue weighted by Crippen LogP contribution is -2.30. The van der Waals surface area contributed by atoms with Crippen LogP contribution < -0.4 is 24.4 Å². The molecule has 1 aliphatic heterocycles. The molecule has 0 aliphatic carbocycles. The summed E-state index contributed by atoms with van der Waals surface area (Å²) in [4.78, 5) is 14.6. The molecule has 0 atom stereocenters. The largest absolute Gasteiger partial charge is 0.496 e. The highest BCUT2D eigenvalue weighted by atomic mass is 127. The molecule has 1 amide bonds. The van der Waals surface area contributed by atoms with E-state index in [1.165, 1.54) is 4.90 Å². The molecule has 0 bridgehead atoms. The molecule has 1 fully saturated rings. The Kier molecular flexibility index (Phi) is 7.69. The summed E-state index contributed by atoms with van der Waals surface area (Å²) in [5.41, 5.74) is 2.77. The molecule has 174 valence electrons. The number of rotatable bonds is 8. The van der Waals surface area contributed by atoms with Crippen LogP contribution in [0.4, 0.5) is 5.69 Å². The number of methoxy groups -OCH3 is 1. The number of amides is 1. The van der Waals surface area contributed by atoms with Gasteiger partial charge < -0.3 is 19.5 Å². The van der Waals surface area contributed by atoms with Crippen molar-refractivity contribution in [2.45, 2.75) is 13.5 Å². The number of carbonyl (C=O) groups is 1. The Morgan fingerprint density at radius 1 is 1.00 bits per heavy atom. The molecule has 0 spiro atoms. The lowest BCUT2D eigenvalue weighted by molar-refractivity contribution is -0.113. The molecular formula is C26H23IN2O4S. The summed E-state index contributed by atoms with van der Waals surface area (Å²) in [6, 6.07) is 20.8. The number of thiocarbonyl (C=S) groups is 1. The third kappa shape index (κ3) is 5.51. The number of nitrogens with zero attached hydrogens (tertiary/aromatic N) is 1. The van der Waals surface area contributed by atoms with Gasteiger partial charge >= 0.3 is 0 Å². The zero-order chi connectivity index (χ0) is 24.1.